The molecule has 4 nitrogen and oxygen atoms in total. The second-order valence-electron chi connectivity index (χ2n) is 14.4. The highest BCUT2D eigenvalue weighted by atomic mass is 16.1. The van der Waals surface area contributed by atoms with Gasteiger partial charge in [-0.1, -0.05) is 139 Å². The summed E-state index contributed by atoms with van der Waals surface area (Å²) in [6.07, 6.45) is 0. The predicted molar refractivity (Wildman–Crippen MR) is 171 cm³/mol. The maximum atomic E-state index is 11.9. The van der Waals surface area contributed by atoms with Crippen LogP contribution in [-0.4, -0.2) is 23.1 Å². The Kier molecular flexibility index (Phi) is 25.7. The second kappa shape index (κ2) is 19.7. The van der Waals surface area contributed by atoms with Crippen LogP contribution in [0.1, 0.15) is 153 Å². The highest BCUT2D eigenvalue weighted by molar-refractivity contribution is 5.89. The van der Waals surface area contributed by atoms with Crippen LogP contribution in [-0.2, 0) is 19.2 Å². The molecule has 0 rings (SSSR count). The average molecular weight is 545 g/mol. The van der Waals surface area contributed by atoms with Gasteiger partial charge in [0.05, 0.1) is 0 Å². The lowest BCUT2D eigenvalue weighted by molar-refractivity contribution is -0.137. The van der Waals surface area contributed by atoms with Crippen LogP contribution in [0.15, 0.2) is 0 Å². The van der Waals surface area contributed by atoms with Crippen molar-refractivity contribution in [3.05, 3.63) is 0 Å². The summed E-state index contributed by atoms with van der Waals surface area (Å²) in [6, 6.07) is 0. The molecule has 0 aliphatic rings. The van der Waals surface area contributed by atoms with Gasteiger partial charge < -0.3 is 0 Å². The minimum atomic E-state index is -0.215. The van der Waals surface area contributed by atoms with Crippen molar-refractivity contribution in [3.8, 4) is 0 Å². The van der Waals surface area contributed by atoms with Gasteiger partial charge >= 0.3 is 0 Å². The van der Waals surface area contributed by atoms with Gasteiger partial charge in [0.1, 0.15) is 23.1 Å². The maximum absolute atomic E-state index is 11.9. The number of carbonyl (C=O) groups is 4. The van der Waals surface area contributed by atoms with E-state index in [2.05, 4.69) is 27.7 Å². The molecule has 0 spiro atoms. The minimum Gasteiger partial charge on any atom is -0.300 e. The average Bonchev–Trinajstić information content (AvgIpc) is 2.66. The third kappa shape index (κ3) is 21.6. The summed E-state index contributed by atoms with van der Waals surface area (Å²) in [6.45, 7) is 39.1. The highest BCUT2D eigenvalue weighted by Gasteiger charge is 2.38. The Bertz CT molecular complexity index is 676. The molecule has 0 radical (unpaired) electrons. The fraction of sp³-hybridized carbons (Fsp3) is 0.882. The van der Waals surface area contributed by atoms with Crippen molar-refractivity contribution >= 4 is 23.1 Å². The van der Waals surface area contributed by atoms with Gasteiger partial charge in [-0.25, -0.2) is 0 Å². The van der Waals surface area contributed by atoms with Crippen molar-refractivity contribution in [3.63, 3.8) is 0 Å². The first-order chi connectivity index (χ1) is 15.5. The standard InChI is InChI=1S/C11H22O.2C8H16O.C5H10O.2CH4/c1-8(2)11(6,7)9(12)10(3,4)5;1-6(2)7(9)8(3,4)5;1-6(2)8(4,5)7(3)9;1-4(2)5(3)6;;/h8H,1-7H3;2*6H,1-5H3;4H,1-3H3;2*1H4. The van der Waals surface area contributed by atoms with Gasteiger partial charge in [-0.15, -0.1) is 0 Å². The summed E-state index contributed by atoms with van der Waals surface area (Å²) in [5.74, 6) is 2.45. The first kappa shape index (κ1) is 49.6. The van der Waals surface area contributed by atoms with Crippen LogP contribution in [0.4, 0.5) is 0 Å². The molecule has 0 bridgehead atoms. The van der Waals surface area contributed by atoms with Gasteiger partial charge in [0, 0.05) is 33.5 Å². The predicted octanol–water partition coefficient (Wildman–Crippen LogP) is 10.3. The molecular weight excluding hydrogens is 472 g/mol. The van der Waals surface area contributed by atoms with Crippen LogP contribution >= 0.6 is 0 Å². The molecule has 0 N–H and O–H groups in total. The number of carbonyl (C=O) groups excluding carboxylic acids is 4. The van der Waals surface area contributed by atoms with Crippen LogP contribution in [0.25, 0.3) is 0 Å². The molecule has 0 aromatic rings. The zero-order valence-electron chi connectivity index (χ0n) is 27.9. The van der Waals surface area contributed by atoms with E-state index in [9.17, 15) is 19.2 Å². The Morgan fingerprint density at radius 2 is 0.737 bits per heavy atom. The number of hydrogen-bond acceptors (Lipinski definition) is 4. The molecule has 4 heteroatoms. The lowest BCUT2D eigenvalue weighted by Gasteiger charge is -2.33. The number of Topliss-reactive ketones (excluding diaryl/α,β-unsaturated/α-hetero) is 4. The van der Waals surface area contributed by atoms with E-state index >= 15 is 0 Å². The minimum absolute atomic E-state index is 0. The molecule has 0 atom stereocenters. The van der Waals surface area contributed by atoms with Crippen molar-refractivity contribution < 1.29 is 19.2 Å². The third-order valence-electron chi connectivity index (χ3n) is 7.14. The Hall–Kier alpha value is -1.32. The Labute approximate surface area is 240 Å². The normalized spacial score (nSPS) is 11.6. The van der Waals surface area contributed by atoms with Crippen LogP contribution in [0.2, 0.25) is 0 Å². The van der Waals surface area contributed by atoms with Gasteiger partial charge in [-0.3, -0.25) is 19.2 Å². The van der Waals surface area contributed by atoms with Gasteiger partial charge in [-0.05, 0) is 25.7 Å². The Balaban J connectivity index is -0.0000000905. The molecule has 0 aliphatic heterocycles. The van der Waals surface area contributed by atoms with E-state index in [0.717, 1.165) is 0 Å². The summed E-state index contributed by atoms with van der Waals surface area (Å²) < 4.78 is 0. The van der Waals surface area contributed by atoms with Crippen molar-refractivity contribution in [2.75, 3.05) is 0 Å². The van der Waals surface area contributed by atoms with E-state index in [1.54, 1.807) is 13.8 Å². The van der Waals surface area contributed by atoms with Crippen LogP contribution in [0.5, 0.6) is 0 Å². The van der Waals surface area contributed by atoms with Gasteiger partial charge in [0.2, 0.25) is 0 Å². The SMILES string of the molecule is C.C.CC(=O)C(C)(C)C(C)C.CC(=O)C(C)C.CC(C)C(=O)C(C)(C)C.CC(C)C(C)(C)C(=O)C(C)(C)C. The van der Waals surface area contributed by atoms with E-state index in [0.29, 0.717) is 23.4 Å². The van der Waals surface area contributed by atoms with Crippen molar-refractivity contribution in [2.45, 2.75) is 153 Å². The topological polar surface area (TPSA) is 68.3 Å². The molecule has 0 aromatic carbocycles. The lowest BCUT2D eigenvalue weighted by Crippen LogP contribution is -2.38. The van der Waals surface area contributed by atoms with Gasteiger partial charge in [0.15, 0.2) is 0 Å². The molecule has 0 heterocycles. The van der Waals surface area contributed by atoms with Crippen molar-refractivity contribution in [1.29, 1.82) is 0 Å². The van der Waals surface area contributed by atoms with Crippen molar-refractivity contribution in [1.82, 2.24) is 0 Å². The Morgan fingerprint density at radius 3 is 0.763 bits per heavy atom. The fourth-order valence-electron chi connectivity index (χ4n) is 2.50. The van der Waals surface area contributed by atoms with Crippen LogP contribution < -0.4 is 0 Å². The largest absolute Gasteiger partial charge is 0.300 e. The molecule has 0 saturated carbocycles. The molecule has 0 aromatic heterocycles. The molecule has 0 amide bonds. The summed E-state index contributed by atoms with van der Waals surface area (Å²) in [5, 5.41) is 0. The molecule has 0 saturated heterocycles. The smallest absolute Gasteiger partial charge is 0.144 e. The lowest BCUT2D eigenvalue weighted by atomic mass is 9.69. The summed E-state index contributed by atoms with van der Waals surface area (Å²) in [4.78, 5) is 44.1. The van der Waals surface area contributed by atoms with E-state index in [1.807, 2.05) is 96.9 Å². The molecule has 232 valence electrons. The van der Waals surface area contributed by atoms with E-state index in [-0.39, 0.29) is 59.9 Å². The molecule has 38 heavy (non-hydrogen) atoms. The number of rotatable bonds is 6. The van der Waals surface area contributed by atoms with E-state index < -0.39 is 0 Å². The molecule has 0 fully saturated rings. The molecule has 0 aliphatic carbocycles. The first-order valence-electron chi connectivity index (χ1n) is 13.6. The second-order valence-corrected chi connectivity index (χ2v) is 14.4. The quantitative estimate of drug-likeness (QED) is 0.333. The maximum Gasteiger partial charge on any atom is 0.144 e. The zero-order chi connectivity index (χ0) is 30.6. The molecule has 0 unspecified atom stereocenters. The fourth-order valence-corrected chi connectivity index (χ4v) is 2.50. The van der Waals surface area contributed by atoms with Gasteiger partial charge in [0.25, 0.3) is 0 Å². The van der Waals surface area contributed by atoms with E-state index in [4.69, 9.17) is 0 Å². The number of hydrogen-bond donors (Lipinski definition) is 0. The van der Waals surface area contributed by atoms with Crippen LogP contribution in [0.3, 0.4) is 0 Å². The number of ketones is 4. The van der Waals surface area contributed by atoms with Gasteiger partial charge in [-0.2, -0.15) is 0 Å². The Morgan fingerprint density at radius 1 is 0.474 bits per heavy atom. The summed E-state index contributed by atoms with van der Waals surface area (Å²) in [7, 11) is 0. The first-order valence-corrected chi connectivity index (χ1v) is 13.6. The van der Waals surface area contributed by atoms with Crippen LogP contribution in [0, 0.1) is 45.3 Å². The van der Waals surface area contributed by atoms with E-state index in [1.165, 1.54) is 0 Å². The summed E-state index contributed by atoms with van der Waals surface area (Å²) >= 11 is 0. The molecular formula is C34H72O4. The summed E-state index contributed by atoms with van der Waals surface area (Å²) in [5.41, 5.74) is -0.708. The highest BCUT2D eigenvalue weighted by Crippen LogP contribution is 2.35. The zero-order valence-corrected chi connectivity index (χ0v) is 27.9. The van der Waals surface area contributed by atoms with Crippen molar-refractivity contribution in [2.24, 2.45) is 45.3 Å². The monoisotopic (exact) mass is 545 g/mol. The third-order valence-corrected chi connectivity index (χ3v) is 7.14.